The quantitative estimate of drug-likeness (QED) is 0.684. The van der Waals surface area contributed by atoms with E-state index in [1.165, 1.54) is 6.07 Å². The van der Waals surface area contributed by atoms with Crippen LogP contribution in [0.5, 0.6) is 0 Å². The summed E-state index contributed by atoms with van der Waals surface area (Å²) in [6.07, 6.45) is 1.02. The molecule has 0 saturated heterocycles. The average Bonchev–Trinajstić information content (AvgIpc) is 2.61. The highest BCUT2D eigenvalue weighted by Gasteiger charge is 2.17. The summed E-state index contributed by atoms with van der Waals surface area (Å²) in [5.74, 6) is -1.13. The number of para-hydroxylation sites is 1. The molecule has 0 unspecified atom stereocenters. The molecule has 0 fully saturated rings. The van der Waals surface area contributed by atoms with Gasteiger partial charge in [0.15, 0.2) is 9.84 Å². The lowest BCUT2D eigenvalue weighted by atomic mass is 10.0. The molecule has 0 bridgehead atoms. The molecule has 0 aliphatic carbocycles. The number of sulfone groups is 1. The zero-order valence-corrected chi connectivity index (χ0v) is 16.0. The first-order chi connectivity index (χ1) is 12.7. The number of aromatic nitrogens is 1. The normalized spacial score (nSPS) is 11.7. The van der Waals surface area contributed by atoms with Crippen LogP contribution in [0.1, 0.15) is 35.8 Å². The van der Waals surface area contributed by atoms with E-state index in [9.17, 15) is 17.6 Å². The average molecular weight is 386 g/mol. The molecule has 1 aromatic heterocycles. The summed E-state index contributed by atoms with van der Waals surface area (Å²) < 4.78 is 37.5. The molecule has 3 rings (SSSR count). The van der Waals surface area contributed by atoms with Gasteiger partial charge in [-0.3, -0.25) is 9.78 Å². The van der Waals surface area contributed by atoms with Gasteiger partial charge in [0, 0.05) is 17.3 Å². The lowest BCUT2D eigenvalue weighted by Crippen LogP contribution is -2.15. The maximum Gasteiger partial charge on any atom is 0.256 e. The highest BCUT2D eigenvalue weighted by molar-refractivity contribution is 7.90. The SMILES string of the molecule is CC(C)c1cc(C(=O)Nc2cc(S(C)(=O)=O)ccc2F)c2ccccc2n1. The first-order valence-corrected chi connectivity index (χ1v) is 10.3. The summed E-state index contributed by atoms with van der Waals surface area (Å²) >= 11 is 0. The van der Waals surface area contributed by atoms with Crippen LogP contribution >= 0.6 is 0 Å². The Hall–Kier alpha value is -2.80. The van der Waals surface area contributed by atoms with Gasteiger partial charge in [-0.1, -0.05) is 32.0 Å². The van der Waals surface area contributed by atoms with Gasteiger partial charge in [0.2, 0.25) is 0 Å². The summed E-state index contributed by atoms with van der Waals surface area (Å²) in [6.45, 7) is 3.93. The first-order valence-electron chi connectivity index (χ1n) is 8.37. The third-order valence-corrected chi connectivity index (χ3v) is 5.30. The molecule has 0 aliphatic heterocycles. The standard InChI is InChI=1S/C20H19FN2O3S/c1-12(2)18-11-15(14-6-4-5-7-17(14)22-18)20(24)23-19-10-13(27(3,25)26)8-9-16(19)21/h4-12H,1-3H3,(H,23,24). The molecule has 140 valence electrons. The highest BCUT2D eigenvalue weighted by Crippen LogP contribution is 2.25. The lowest BCUT2D eigenvalue weighted by molar-refractivity contribution is 0.102. The Balaban J connectivity index is 2.07. The van der Waals surface area contributed by atoms with Gasteiger partial charge >= 0.3 is 0 Å². The van der Waals surface area contributed by atoms with Crippen molar-refractivity contribution < 1.29 is 17.6 Å². The van der Waals surface area contributed by atoms with Crippen molar-refractivity contribution in [2.75, 3.05) is 11.6 Å². The predicted octanol–water partition coefficient (Wildman–Crippen LogP) is 4.15. The summed E-state index contributed by atoms with van der Waals surface area (Å²) in [5, 5.41) is 3.13. The van der Waals surface area contributed by atoms with Crippen molar-refractivity contribution >= 4 is 32.3 Å². The van der Waals surface area contributed by atoms with E-state index in [4.69, 9.17) is 0 Å². The number of anilines is 1. The Labute approximate surface area is 157 Å². The monoisotopic (exact) mass is 386 g/mol. The van der Waals surface area contributed by atoms with Crippen LogP contribution in [0.3, 0.4) is 0 Å². The Morgan fingerprint density at radius 1 is 1.11 bits per heavy atom. The third-order valence-electron chi connectivity index (χ3n) is 4.19. The summed E-state index contributed by atoms with van der Waals surface area (Å²) in [6, 6.07) is 12.2. The minimum atomic E-state index is -3.52. The number of pyridine rings is 1. The van der Waals surface area contributed by atoms with E-state index in [0.717, 1.165) is 24.1 Å². The van der Waals surface area contributed by atoms with Gasteiger partial charge in [0.05, 0.1) is 21.7 Å². The zero-order valence-electron chi connectivity index (χ0n) is 15.2. The van der Waals surface area contributed by atoms with E-state index in [1.807, 2.05) is 26.0 Å². The van der Waals surface area contributed by atoms with Crippen molar-refractivity contribution in [3.8, 4) is 0 Å². The van der Waals surface area contributed by atoms with Crippen LogP contribution in [0.15, 0.2) is 53.4 Å². The molecule has 1 amide bonds. The molecule has 27 heavy (non-hydrogen) atoms. The Morgan fingerprint density at radius 2 is 1.81 bits per heavy atom. The summed E-state index contributed by atoms with van der Waals surface area (Å²) in [4.78, 5) is 17.3. The topological polar surface area (TPSA) is 76.1 Å². The fourth-order valence-electron chi connectivity index (χ4n) is 2.70. The number of carbonyl (C=O) groups excluding carboxylic acids is 1. The molecular weight excluding hydrogens is 367 g/mol. The Kier molecular flexibility index (Phi) is 4.97. The summed E-state index contributed by atoms with van der Waals surface area (Å²) in [7, 11) is -3.52. The third kappa shape index (κ3) is 3.98. The number of nitrogens with zero attached hydrogens (tertiary/aromatic N) is 1. The van der Waals surface area contributed by atoms with Crippen LogP contribution in [0.2, 0.25) is 0 Å². The number of fused-ring (bicyclic) bond motifs is 1. The number of amides is 1. The smallest absolute Gasteiger partial charge is 0.256 e. The van der Waals surface area contributed by atoms with Crippen LogP contribution in [-0.2, 0) is 9.84 Å². The second-order valence-corrected chi connectivity index (χ2v) is 8.65. The fourth-order valence-corrected chi connectivity index (χ4v) is 3.35. The van der Waals surface area contributed by atoms with Crippen molar-refractivity contribution in [1.82, 2.24) is 4.98 Å². The zero-order chi connectivity index (χ0) is 19.8. The molecule has 0 saturated carbocycles. The van der Waals surface area contributed by atoms with Crippen LogP contribution in [0.4, 0.5) is 10.1 Å². The Bertz CT molecular complexity index is 1140. The van der Waals surface area contributed by atoms with E-state index in [0.29, 0.717) is 16.5 Å². The fraction of sp³-hybridized carbons (Fsp3) is 0.200. The Morgan fingerprint density at radius 3 is 2.48 bits per heavy atom. The van der Waals surface area contributed by atoms with Gasteiger partial charge in [0.25, 0.3) is 5.91 Å². The highest BCUT2D eigenvalue weighted by atomic mass is 32.2. The van der Waals surface area contributed by atoms with Gasteiger partial charge in [0.1, 0.15) is 5.82 Å². The van der Waals surface area contributed by atoms with Crippen LogP contribution in [0.25, 0.3) is 10.9 Å². The molecule has 0 aliphatic rings. The molecule has 0 radical (unpaired) electrons. The van der Waals surface area contributed by atoms with Gasteiger partial charge in [-0.25, -0.2) is 12.8 Å². The minimum Gasteiger partial charge on any atom is -0.319 e. The van der Waals surface area contributed by atoms with E-state index >= 15 is 0 Å². The molecule has 5 nitrogen and oxygen atoms in total. The number of halogens is 1. The van der Waals surface area contributed by atoms with Crippen LogP contribution in [0, 0.1) is 5.82 Å². The van der Waals surface area contributed by atoms with Crippen molar-refractivity contribution in [2.24, 2.45) is 0 Å². The molecule has 1 N–H and O–H groups in total. The van der Waals surface area contributed by atoms with Gasteiger partial charge in [-0.05, 0) is 36.2 Å². The number of hydrogen-bond donors (Lipinski definition) is 1. The molecule has 0 spiro atoms. The maximum absolute atomic E-state index is 14.1. The number of nitrogens with one attached hydrogen (secondary N) is 1. The second kappa shape index (κ2) is 7.08. The van der Waals surface area contributed by atoms with Gasteiger partial charge in [-0.15, -0.1) is 0 Å². The van der Waals surface area contributed by atoms with Gasteiger partial charge < -0.3 is 5.32 Å². The number of benzene rings is 2. The molecule has 1 heterocycles. The van der Waals surface area contributed by atoms with Crippen molar-refractivity contribution in [2.45, 2.75) is 24.7 Å². The van der Waals surface area contributed by atoms with E-state index in [-0.39, 0.29) is 16.5 Å². The largest absolute Gasteiger partial charge is 0.319 e. The van der Waals surface area contributed by atoms with Crippen LogP contribution < -0.4 is 5.32 Å². The molecule has 3 aromatic rings. The second-order valence-electron chi connectivity index (χ2n) is 6.63. The van der Waals surface area contributed by atoms with Crippen LogP contribution in [-0.4, -0.2) is 25.6 Å². The molecule has 7 heteroatoms. The van der Waals surface area contributed by atoms with E-state index in [1.54, 1.807) is 18.2 Å². The number of carbonyl (C=O) groups is 1. The predicted molar refractivity (Wildman–Crippen MR) is 103 cm³/mol. The minimum absolute atomic E-state index is 0.0679. The van der Waals surface area contributed by atoms with Gasteiger partial charge in [-0.2, -0.15) is 0 Å². The molecule has 0 atom stereocenters. The summed E-state index contributed by atoms with van der Waals surface area (Å²) in [5.41, 5.74) is 1.58. The van der Waals surface area contributed by atoms with Crippen molar-refractivity contribution in [1.29, 1.82) is 0 Å². The van der Waals surface area contributed by atoms with Crippen molar-refractivity contribution in [3.63, 3.8) is 0 Å². The van der Waals surface area contributed by atoms with E-state index < -0.39 is 21.6 Å². The lowest BCUT2D eigenvalue weighted by Gasteiger charge is -2.13. The molecular formula is C20H19FN2O3S. The number of rotatable bonds is 4. The molecule has 2 aromatic carbocycles. The number of hydrogen-bond acceptors (Lipinski definition) is 4. The van der Waals surface area contributed by atoms with E-state index in [2.05, 4.69) is 10.3 Å². The maximum atomic E-state index is 14.1. The van der Waals surface area contributed by atoms with Crippen molar-refractivity contribution in [3.05, 3.63) is 65.6 Å². The first kappa shape index (κ1) is 19.0.